The second kappa shape index (κ2) is 3.80. The maximum absolute atomic E-state index is 13.2. The number of nitrogen functional groups attached to an aromatic ring is 1. The number of aromatic amines is 1. The number of benzene rings is 1. The highest BCUT2D eigenvalue weighted by Crippen LogP contribution is 2.25. The van der Waals surface area contributed by atoms with Gasteiger partial charge in [-0.1, -0.05) is 0 Å². The fraction of sp³-hybridized carbons (Fsp3) is 0.0769. The molecule has 4 nitrogen and oxygen atoms in total. The number of anilines is 1. The van der Waals surface area contributed by atoms with E-state index in [9.17, 15) is 4.39 Å². The highest BCUT2D eigenvalue weighted by molar-refractivity contribution is 5.80. The van der Waals surface area contributed by atoms with Crippen molar-refractivity contribution in [2.45, 2.75) is 6.92 Å². The van der Waals surface area contributed by atoms with Crippen LogP contribution in [0.5, 0.6) is 0 Å². The zero-order valence-corrected chi connectivity index (χ0v) is 9.74. The first-order valence-corrected chi connectivity index (χ1v) is 5.51. The molecule has 0 saturated heterocycles. The van der Waals surface area contributed by atoms with Crippen LogP contribution >= 0.6 is 0 Å². The molecule has 0 saturated carbocycles. The van der Waals surface area contributed by atoms with Crippen LogP contribution in [0.3, 0.4) is 0 Å². The third-order valence-electron chi connectivity index (χ3n) is 2.74. The summed E-state index contributed by atoms with van der Waals surface area (Å²) in [6, 6.07) is 6.15. The molecular formula is C13H11FN4. The Morgan fingerprint density at radius 3 is 2.94 bits per heavy atom. The van der Waals surface area contributed by atoms with Gasteiger partial charge in [0.25, 0.3) is 0 Å². The van der Waals surface area contributed by atoms with Crippen LogP contribution in [-0.4, -0.2) is 15.0 Å². The van der Waals surface area contributed by atoms with Gasteiger partial charge in [0.1, 0.15) is 11.6 Å². The van der Waals surface area contributed by atoms with Gasteiger partial charge in [0, 0.05) is 17.4 Å². The predicted molar refractivity (Wildman–Crippen MR) is 68.4 cm³/mol. The second-order valence-corrected chi connectivity index (χ2v) is 4.20. The molecule has 3 rings (SSSR count). The normalized spacial score (nSPS) is 11.0. The lowest BCUT2D eigenvalue weighted by molar-refractivity contribution is 0.628. The van der Waals surface area contributed by atoms with Gasteiger partial charge >= 0.3 is 0 Å². The summed E-state index contributed by atoms with van der Waals surface area (Å²) in [5.41, 5.74) is 9.29. The van der Waals surface area contributed by atoms with Crippen LogP contribution in [-0.2, 0) is 0 Å². The van der Waals surface area contributed by atoms with Crippen molar-refractivity contribution in [3.05, 3.63) is 41.8 Å². The molecule has 0 amide bonds. The number of fused-ring (bicyclic) bond motifs is 1. The van der Waals surface area contributed by atoms with Crippen LogP contribution < -0.4 is 5.73 Å². The third-order valence-corrected chi connectivity index (χ3v) is 2.74. The zero-order valence-electron chi connectivity index (χ0n) is 9.74. The highest BCUT2D eigenvalue weighted by atomic mass is 19.1. The van der Waals surface area contributed by atoms with E-state index in [2.05, 4.69) is 15.0 Å². The van der Waals surface area contributed by atoms with E-state index in [1.807, 2.05) is 13.0 Å². The van der Waals surface area contributed by atoms with Gasteiger partial charge in [0.15, 0.2) is 5.65 Å². The Morgan fingerprint density at radius 1 is 1.28 bits per heavy atom. The summed E-state index contributed by atoms with van der Waals surface area (Å²) in [4.78, 5) is 11.6. The van der Waals surface area contributed by atoms with Crippen molar-refractivity contribution in [3.63, 3.8) is 0 Å². The number of nitrogens with one attached hydrogen (secondary N) is 1. The first kappa shape index (κ1) is 10.7. The number of nitrogens with two attached hydrogens (primary N) is 1. The zero-order chi connectivity index (χ0) is 12.7. The van der Waals surface area contributed by atoms with E-state index in [0.717, 1.165) is 11.1 Å². The number of halogens is 1. The minimum Gasteiger partial charge on any atom is -0.398 e. The van der Waals surface area contributed by atoms with Gasteiger partial charge in [-0.3, -0.25) is 0 Å². The molecule has 0 aliphatic heterocycles. The van der Waals surface area contributed by atoms with Crippen molar-refractivity contribution >= 4 is 16.9 Å². The molecule has 0 aliphatic carbocycles. The van der Waals surface area contributed by atoms with E-state index in [-0.39, 0.29) is 5.82 Å². The molecule has 0 bridgehead atoms. The Bertz CT molecular complexity index is 733. The third kappa shape index (κ3) is 1.69. The number of pyridine rings is 1. The molecule has 2 aromatic heterocycles. The summed E-state index contributed by atoms with van der Waals surface area (Å²) in [6.07, 6.45) is 1.74. The molecule has 0 radical (unpaired) electrons. The summed E-state index contributed by atoms with van der Waals surface area (Å²) in [7, 11) is 0. The number of H-pyrrole nitrogens is 1. The van der Waals surface area contributed by atoms with E-state index in [0.29, 0.717) is 22.7 Å². The van der Waals surface area contributed by atoms with Crippen LogP contribution in [0.1, 0.15) is 5.56 Å². The number of aryl methyl sites for hydroxylation is 1. The molecular weight excluding hydrogens is 231 g/mol. The molecule has 0 atom stereocenters. The molecule has 18 heavy (non-hydrogen) atoms. The van der Waals surface area contributed by atoms with Crippen molar-refractivity contribution in [2.24, 2.45) is 0 Å². The fourth-order valence-corrected chi connectivity index (χ4v) is 1.87. The van der Waals surface area contributed by atoms with Gasteiger partial charge < -0.3 is 10.7 Å². The highest BCUT2D eigenvalue weighted by Gasteiger charge is 2.10. The van der Waals surface area contributed by atoms with Crippen LogP contribution in [0.15, 0.2) is 30.5 Å². The molecule has 0 unspecified atom stereocenters. The van der Waals surface area contributed by atoms with Crippen LogP contribution in [0.2, 0.25) is 0 Å². The fourth-order valence-electron chi connectivity index (χ4n) is 1.87. The van der Waals surface area contributed by atoms with Gasteiger partial charge in [-0.15, -0.1) is 0 Å². The van der Waals surface area contributed by atoms with E-state index in [1.165, 1.54) is 18.2 Å². The monoisotopic (exact) mass is 242 g/mol. The maximum atomic E-state index is 13.2. The predicted octanol–water partition coefficient (Wildman–Crippen LogP) is 2.65. The maximum Gasteiger partial charge on any atom is 0.178 e. The lowest BCUT2D eigenvalue weighted by Crippen LogP contribution is -1.92. The Balaban J connectivity index is 2.22. The number of imidazole rings is 1. The SMILES string of the molecule is Cc1cnc2nc(-c3cc(F)ccc3N)[nH]c2c1. The number of hydrogen-bond acceptors (Lipinski definition) is 3. The second-order valence-electron chi connectivity index (χ2n) is 4.20. The van der Waals surface area contributed by atoms with Crippen molar-refractivity contribution in [1.82, 2.24) is 15.0 Å². The van der Waals surface area contributed by atoms with Gasteiger partial charge in [0.05, 0.1) is 5.52 Å². The Kier molecular flexibility index (Phi) is 2.26. The van der Waals surface area contributed by atoms with Crippen molar-refractivity contribution in [3.8, 4) is 11.4 Å². The minimum absolute atomic E-state index is 0.344. The quantitative estimate of drug-likeness (QED) is 0.644. The average Bonchev–Trinajstić information content (AvgIpc) is 2.74. The Labute approximate surface area is 103 Å². The average molecular weight is 242 g/mol. The van der Waals surface area contributed by atoms with Crippen LogP contribution in [0, 0.1) is 12.7 Å². The number of nitrogens with zero attached hydrogens (tertiary/aromatic N) is 2. The van der Waals surface area contributed by atoms with E-state index < -0.39 is 0 Å². The van der Waals surface area contributed by atoms with Gasteiger partial charge in [-0.05, 0) is 36.8 Å². The molecule has 3 N–H and O–H groups in total. The number of aromatic nitrogens is 3. The number of rotatable bonds is 1. The molecule has 3 aromatic rings. The molecule has 90 valence electrons. The molecule has 0 aliphatic rings. The van der Waals surface area contributed by atoms with E-state index in [4.69, 9.17) is 5.73 Å². The first-order chi connectivity index (χ1) is 8.63. The largest absolute Gasteiger partial charge is 0.398 e. The summed E-state index contributed by atoms with van der Waals surface area (Å²) < 4.78 is 13.2. The molecule has 2 heterocycles. The van der Waals surface area contributed by atoms with E-state index >= 15 is 0 Å². The minimum atomic E-state index is -0.344. The Morgan fingerprint density at radius 2 is 2.11 bits per heavy atom. The van der Waals surface area contributed by atoms with Crippen molar-refractivity contribution in [2.75, 3.05) is 5.73 Å². The van der Waals surface area contributed by atoms with E-state index in [1.54, 1.807) is 6.20 Å². The summed E-state index contributed by atoms with van der Waals surface area (Å²) >= 11 is 0. The smallest absolute Gasteiger partial charge is 0.178 e. The molecule has 1 aromatic carbocycles. The van der Waals surface area contributed by atoms with Crippen LogP contribution in [0.25, 0.3) is 22.6 Å². The molecule has 0 fully saturated rings. The summed E-state index contributed by atoms with van der Waals surface area (Å²) in [6.45, 7) is 1.95. The molecule has 0 spiro atoms. The standard InChI is InChI=1S/C13H11FN4/c1-7-4-11-13(16-6-7)18-12(17-11)9-5-8(14)2-3-10(9)15/h2-6H,15H2,1H3,(H,16,17,18). The van der Waals surface area contributed by atoms with Gasteiger partial charge in [-0.25, -0.2) is 14.4 Å². The topological polar surface area (TPSA) is 67.6 Å². The van der Waals surface area contributed by atoms with Gasteiger partial charge in [-0.2, -0.15) is 0 Å². The Hall–Kier alpha value is -2.43. The number of hydrogen-bond donors (Lipinski definition) is 2. The summed E-state index contributed by atoms with van der Waals surface area (Å²) in [5, 5.41) is 0. The van der Waals surface area contributed by atoms with Crippen LogP contribution in [0.4, 0.5) is 10.1 Å². The lowest BCUT2D eigenvalue weighted by atomic mass is 10.1. The van der Waals surface area contributed by atoms with Crippen molar-refractivity contribution < 1.29 is 4.39 Å². The lowest BCUT2D eigenvalue weighted by Gasteiger charge is -2.01. The van der Waals surface area contributed by atoms with Crippen molar-refractivity contribution in [1.29, 1.82) is 0 Å². The molecule has 5 heteroatoms. The first-order valence-electron chi connectivity index (χ1n) is 5.51. The van der Waals surface area contributed by atoms with Gasteiger partial charge in [0.2, 0.25) is 0 Å². The summed E-state index contributed by atoms with van der Waals surface area (Å²) in [5.74, 6) is 0.184.